The Balaban J connectivity index is 2.03. The van der Waals surface area contributed by atoms with Crippen molar-refractivity contribution in [3.05, 3.63) is 98.7 Å². The number of rotatable bonds is 5. The minimum atomic E-state index is -4.70. The number of aliphatic hydroxyl groups excluding tert-OH is 1. The van der Waals surface area contributed by atoms with Gasteiger partial charge in [0.2, 0.25) is 0 Å². The molecule has 1 heterocycles. The number of fused-ring (bicyclic) bond motifs is 1. The summed E-state index contributed by atoms with van der Waals surface area (Å²) >= 11 is 12.9. The van der Waals surface area contributed by atoms with Crippen molar-refractivity contribution in [2.24, 2.45) is 0 Å². The van der Waals surface area contributed by atoms with E-state index in [-0.39, 0.29) is 48.2 Å². The maximum atomic E-state index is 13.9. The zero-order valence-electron chi connectivity index (χ0n) is 21.7. The zero-order chi connectivity index (χ0) is 29.8. The molecule has 6 nitrogen and oxygen atoms in total. The van der Waals surface area contributed by atoms with Crippen molar-refractivity contribution >= 4 is 50.1 Å². The quantitative estimate of drug-likeness (QED) is 0.235. The van der Waals surface area contributed by atoms with Gasteiger partial charge < -0.3 is 9.84 Å². The number of carbonyl (C=O) groups excluding carboxylic acids is 1. The predicted octanol–water partition coefficient (Wildman–Crippen LogP) is 7.55. The van der Waals surface area contributed by atoms with Crippen LogP contribution in [0.3, 0.4) is 0 Å². The van der Waals surface area contributed by atoms with Crippen molar-refractivity contribution in [2.45, 2.75) is 50.5 Å². The summed E-state index contributed by atoms with van der Waals surface area (Å²) < 4.78 is 74.8. The first-order chi connectivity index (χ1) is 18.4. The number of aryl methyl sites for hydroxylation is 1. The Morgan fingerprint density at radius 3 is 2.20 bits per heavy atom. The van der Waals surface area contributed by atoms with Gasteiger partial charge in [-0.3, -0.25) is 0 Å². The number of halogens is 5. The van der Waals surface area contributed by atoms with Crippen molar-refractivity contribution in [3.63, 3.8) is 0 Å². The predicted molar refractivity (Wildman–Crippen MR) is 146 cm³/mol. The fraction of sp³-hybridized carbons (Fsp3) is 0.250. The van der Waals surface area contributed by atoms with Gasteiger partial charge in [0.05, 0.1) is 32.3 Å². The molecule has 0 amide bonds. The highest BCUT2D eigenvalue weighted by Gasteiger charge is 2.35. The minimum absolute atomic E-state index is 0.00230. The standard InChI is InChI=1S/C28H24Cl2F3NO5S/c1-15-12-17(28(31,32)33)13-16-14-21(34(24(15)16)40(37,38)18-8-6-5-7-9-18)25(35)22-20(29)11-10-19(23(22)30)26(36)39-27(2,3)4/h5-14,25,35H,1-4H3. The molecular weight excluding hydrogens is 590 g/mol. The maximum absolute atomic E-state index is 13.9. The normalized spacial score (nSPS) is 13.4. The Bertz CT molecular complexity index is 1730. The third-order valence-electron chi connectivity index (χ3n) is 5.98. The van der Waals surface area contributed by atoms with E-state index in [0.717, 1.165) is 22.2 Å². The van der Waals surface area contributed by atoms with Gasteiger partial charge in [-0.15, -0.1) is 0 Å². The molecule has 0 radical (unpaired) electrons. The van der Waals surface area contributed by atoms with Gasteiger partial charge in [0.25, 0.3) is 10.0 Å². The molecule has 0 bridgehead atoms. The third-order valence-corrected chi connectivity index (χ3v) is 8.46. The average molecular weight is 614 g/mol. The van der Waals surface area contributed by atoms with Crippen LogP contribution in [0.25, 0.3) is 10.9 Å². The Morgan fingerprint density at radius 2 is 1.62 bits per heavy atom. The van der Waals surface area contributed by atoms with Crippen LogP contribution in [-0.4, -0.2) is 29.1 Å². The lowest BCUT2D eigenvalue weighted by Gasteiger charge is -2.22. The molecule has 1 N–H and O–H groups in total. The molecule has 0 spiro atoms. The van der Waals surface area contributed by atoms with Gasteiger partial charge in [-0.05, 0) is 75.7 Å². The summed E-state index contributed by atoms with van der Waals surface area (Å²) in [5.41, 5.74) is -2.61. The second kappa shape index (κ2) is 10.4. The molecule has 0 saturated heterocycles. The molecule has 1 atom stereocenters. The van der Waals surface area contributed by atoms with Crippen LogP contribution in [0.1, 0.15) is 59.6 Å². The lowest BCUT2D eigenvalue weighted by Crippen LogP contribution is -2.24. The number of ether oxygens (including phenoxy) is 1. The van der Waals surface area contributed by atoms with E-state index in [4.69, 9.17) is 27.9 Å². The molecular formula is C28H24Cl2F3NO5S. The van der Waals surface area contributed by atoms with Gasteiger partial charge >= 0.3 is 12.1 Å². The monoisotopic (exact) mass is 613 g/mol. The van der Waals surface area contributed by atoms with Crippen LogP contribution in [0.5, 0.6) is 0 Å². The number of esters is 1. The van der Waals surface area contributed by atoms with Crippen molar-refractivity contribution in [1.82, 2.24) is 3.97 Å². The number of nitrogens with zero attached hydrogens (tertiary/aromatic N) is 1. The fourth-order valence-corrected chi connectivity index (χ4v) is 6.60. The Hall–Kier alpha value is -3.05. The number of aromatic nitrogens is 1. The summed E-state index contributed by atoms with van der Waals surface area (Å²) in [6.07, 6.45) is -6.58. The molecule has 0 fully saturated rings. The van der Waals surface area contributed by atoms with Crippen LogP contribution < -0.4 is 0 Å². The lowest BCUT2D eigenvalue weighted by atomic mass is 10.0. The topological polar surface area (TPSA) is 85.6 Å². The summed E-state index contributed by atoms with van der Waals surface area (Å²) in [6.45, 7) is 6.28. The Labute approximate surface area is 238 Å². The van der Waals surface area contributed by atoms with Crippen LogP contribution in [0.4, 0.5) is 13.2 Å². The highest BCUT2D eigenvalue weighted by Crippen LogP contribution is 2.42. The fourth-order valence-electron chi connectivity index (χ4n) is 4.31. The number of carbonyl (C=O) groups is 1. The van der Waals surface area contributed by atoms with Gasteiger partial charge in [0.1, 0.15) is 11.7 Å². The van der Waals surface area contributed by atoms with Crippen molar-refractivity contribution in [2.75, 3.05) is 0 Å². The van der Waals surface area contributed by atoms with E-state index in [0.29, 0.717) is 0 Å². The molecule has 1 unspecified atom stereocenters. The van der Waals surface area contributed by atoms with Gasteiger partial charge in [0.15, 0.2) is 0 Å². The highest BCUT2D eigenvalue weighted by atomic mass is 35.5. The summed E-state index contributed by atoms with van der Waals surface area (Å²) in [5, 5.41) is 11.1. The van der Waals surface area contributed by atoms with E-state index in [2.05, 4.69) is 0 Å². The van der Waals surface area contributed by atoms with Gasteiger partial charge in [0, 0.05) is 16.0 Å². The first-order valence-corrected chi connectivity index (χ1v) is 14.1. The summed E-state index contributed by atoms with van der Waals surface area (Å²) in [6, 6.07) is 12.6. The molecule has 4 rings (SSSR count). The summed E-state index contributed by atoms with van der Waals surface area (Å²) in [7, 11) is -4.46. The zero-order valence-corrected chi connectivity index (χ0v) is 24.0. The highest BCUT2D eigenvalue weighted by molar-refractivity contribution is 7.90. The van der Waals surface area contributed by atoms with Crippen LogP contribution in [-0.2, 0) is 20.9 Å². The number of aliphatic hydroxyl groups is 1. The van der Waals surface area contributed by atoms with Crippen LogP contribution >= 0.6 is 23.2 Å². The first-order valence-electron chi connectivity index (χ1n) is 11.9. The van der Waals surface area contributed by atoms with Gasteiger partial charge in [-0.1, -0.05) is 41.4 Å². The van der Waals surface area contributed by atoms with E-state index >= 15 is 0 Å². The second-order valence-corrected chi connectivity index (χ2v) is 12.7. The molecule has 1 aromatic heterocycles. The van der Waals surface area contributed by atoms with Crippen LogP contribution in [0.2, 0.25) is 10.0 Å². The number of alkyl halides is 3. The first kappa shape index (κ1) is 29.9. The minimum Gasteiger partial charge on any atom is -0.456 e. The summed E-state index contributed by atoms with van der Waals surface area (Å²) in [4.78, 5) is 12.6. The molecule has 0 aliphatic carbocycles. The third kappa shape index (κ3) is 5.58. The largest absolute Gasteiger partial charge is 0.456 e. The molecule has 212 valence electrons. The Morgan fingerprint density at radius 1 is 1.00 bits per heavy atom. The average Bonchev–Trinajstić information content (AvgIpc) is 3.24. The van der Waals surface area contributed by atoms with E-state index in [1.165, 1.54) is 43.3 Å². The molecule has 12 heteroatoms. The van der Waals surface area contributed by atoms with Crippen LogP contribution in [0.15, 0.2) is 65.6 Å². The van der Waals surface area contributed by atoms with Crippen LogP contribution in [0, 0.1) is 6.92 Å². The van der Waals surface area contributed by atoms with E-state index in [1.807, 2.05) is 0 Å². The van der Waals surface area contributed by atoms with Crippen molar-refractivity contribution < 1.29 is 36.2 Å². The molecule has 0 aliphatic heterocycles. The maximum Gasteiger partial charge on any atom is 0.416 e. The van der Waals surface area contributed by atoms with Gasteiger partial charge in [-0.2, -0.15) is 13.2 Å². The smallest absolute Gasteiger partial charge is 0.416 e. The molecule has 40 heavy (non-hydrogen) atoms. The molecule has 0 saturated carbocycles. The van der Waals surface area contributed by atoms with E-state index in [9.17, 15) is 31.5 Å². The Kier molecular flexibility index (Phi) is 7.79. The lowest BCUT2D eigenvalue weighted by molar-refractivity contribution is -0.137. The molecule has 0 aliphatic rings. The molecule has 4 aromatic rings. The van der Waals surface area contributed by atoms with E-state index in [1.54, 1.807) is 26.8 Å². The second-order valence-electron chi connectivity index (χ2n) is 10.1. The number of benzene rings is 3. The molecule has 3 aromatic carbocycles. The van der Waals surface area contributed by atoms with E-state index < -0.39 is 39.4 Å². The van der Waals surface area contributed by atoms with Crippen molar-refractivity contribution in [1.29, 1.82) is 0 Å². The number of hydrogen-bond acceptors (Lipinski definition) is 5. The SMILES string of the molecule is Cc1cc(C(F)(F)F)cc2cc(C(O)c3c(Cl)ccc(C(=O)OC(C)(C)C)c3Cl)n(S(=O)(=O)c3ccccc3)c12. The van der Waals surface area contributed by atoms with Gasteiger partial charge in [-0.25, -0.2) is 17.2 Å². The van der Waals surface area contributed by atoms with Crippen molar-refractivity contribution in [3.8, 4) is 0 Å². The number of hydrogen-bond donors (Lipinski definition) is 1. The summed E-state index contributed by atoms with van der Waals surface area (Å²) in [5.74, 6) is -0.814.